The minimum absolute atomic E-state index is 0.126. The van der Waals surface area contributed by atoms with E-state index in [1.54, 1.807) is 30.3 Å². The van der Waals surface area contributed by atoms with Crippen molar-refractivity contribution in [3.05, 3.63) is 63.9 Å². The van der Waals surface area contributed by atoms with Gasteiger partial charge in [-0.1, -0.05) is 35.3 Å². The van der Waals surface area contributed by atoms with Crippen molar-refractivity contribution in [1.29, 1.82) is 0 Å². The van der Waals surface area contributed by atoms with Crippen molar-refractivity contribution in [2.45, 2.75) is 12.0 Å². The molecular weight excluding hydrogens is 396 g/mol. The summed E-state index contributed by atoms with van der Waals surface area (Å²) in [4.78, 5) is 24.9. The van der Waals surface area contributed by atoms with Gasteiger partial charge in [-0.05, 0) is 35.9 Å². The number of benzene rings is 2. The zero-order valence-electron chi connectivity index (χ0n) is 14.0. The molecule has 0 spiro atoms. The minimum Gasteiger partial charge on any atom is -0.465 e. The molecule has 142 valence electrons. The molecule has 3 N–H and O–H groups in total. The molecule has 1 aliphatic rings. The molecule has 0 saturated carbocycles. The van der Waals surface area contributed by atoms with Crippen LogP contribution in [0.5, 0.6) is 0 Å². The number of likely N-dealkylation sites (tertiary alicyclic amines) is 1. The fourth-order valence-electron chi connectivity index (χ4n) is 3.12. The van der Waals surface area contributed by atoms with E-state index in [1.807, 2.05) is 0 Å². The average Bonchev–Trinajstić information content (AvgIpc) is 2.98. The Bertz CT molecular complexity index is 843. The molecule has 0 radical (unpaired) electrons. The third-order valence-electron chi connectivity index (χ3n) is 4.33. The second-order valence-corrected chi connectivity index (χ2v) is 7.08. The fourth-order valence-corrected chi connectivity index (χ4v) is 3.64. The van der Waals surface area contributed by atoms with E-state index in [4.69, 9.17) is 23.2 Å². The van der Waals surface area contributed by atoms with Crippen LogP contribution in [-0.2, 0) is 0 Å². The first kappa shape index (κ1) is 19.3. The third kappa shape index (κ3) is 4.81. The number of hydrogen-bond acceptors (Lipinski definition) is 2. The van der Waals surface area contributed by atoms with Crippen LogP contribution < -0.4 is 10.6 Å². The average molecular weight is 412 g/mol. The highest BCUT2D eigenvalue weighted by atomic mass is 35.5. The number of rotatable bonds is 3. The van der Waals surface area contributed by atoms with Gasteiger partial charge in [-0.2, -0.15) is 0 Å². The van der Waals surface area contributed by atoms with E-state index in [1.165, 1.54) is 17.0 Å². The molecule has 1 aliphatic heterocycles. The summed E-state index contributed by atoms with van der Waals surface area (Å²) in [6.45, 7) is 0.329. The Morgan fingerprint density at radius 1 is 1.07 bits per heavy atom. The molecule has 0 unspecified atom stereocenters. The molecule has 1 fully saturated rings. The first-order valence-corrected chi connectivity index (χ1v) is 8.84. The van der Waals surface area contributed by atoms with E-state index in [-0.39, 0.29) is 24.8 Å². The quantitative estimate of drug-likeness (QED) is 0.699. The predicted molar refractivity (Wildman–Crippen MR) is 101 cm³/mol. The first-order chi connectivity index (χ1) is 12.8. The maximum Gasteiger partial charge on any atom is 0.407 e. The van der Waals surface area contributed by atoms with E-state index in [0.717, 1.165) is 5.56 Å². The van der Waals surface area contributed by atoms with Crippen LogP contribution >= 0.6 is 23.2 Å². The summed E-state index contributed by atoms with van der Waals surface area (Å²) < 4.78 is 13.2. The summed E-state index contributed by atoms with van der Waals surface area (Å²) >= 11 is 11.8. The molecule has 6 nitrogen and oxygen atoms in total. The second-order valence-electron chi connectivity index (χ2n) is 6.21. The molecule has 1 heterocycles. The lowest BCUT2D eigenvalue weighted by molar-refractivity contribution is 0.154. The highest BCUT2D eigenvalue weighted by Gasteiger charge is 2.37. The zero-order valence-corrected chi connectivity index (χ0v) is 15.5. The van der Waals surface area contributed by atoms with Crippen molar-refractivity contribution in [3.63, 3.8) is 0 Å². The molecule has 0 aromatic heterocycles. The van der Waals surface area contributed by atoms with Crippen LogP contribution in [0.3, 0.4) is 0 Å². The molecule has 3 rings (SSSR count). The number of halogens is 3. The maximum absolute atomic E-state index is 13.2. The third-order valence-corrected chi connectivity index (χ3v) is 4.76. The molecule has 0 aliphatic carbocycles. The number of carbonyl (C=O) groups excluding carboxylic acids is 1. The monoisotopic (exact) mass is 411 g/mol. The van der Waals surface area contributed by atoms with Crippen molar-refractivity contribution in [2.24, 2.45) is 0 Å². The topological polar surface area (TPSA) is 81.7 Å². The predicted octanol–water partition coefficient (Wildman–Crippen LogP) is 4.40. The second kappa shape index (κ2) is 8.02. The summed E-state index contributed by atoms with van der Waals surface area (Å²) in [6.07, 6.45) is -1.08. The van der Waals surface area contributed by atoms with Crippen LogP contribution in [0.4, 0.5) is 19.7 Å². The number of hydrogen-bond donors (Lipinski definition) is 3. The Morgan fingerprint density at radius 3 is 2.30 bits per heavy atom. The van der Waals surface area contributed by atoms with Crippen molar-refractivity contribution >= 4 is 41.0 Å². The number of amides is 3. The van der Waals surface area contributed by atoms with Gasteiger partial charge in [0.2, 0.25) is 0 Å². The summed E-state index contributed by atoms with van der Waals surface area (Å²) in [5.74, 6) is -0.678. The zero-order chi connectivity index (χ0) is 19.6. The summed E-state index contributed by atoms with van der Waals surface area (Å²) in [5, 5.41) is 15.4. The van der Waals surface area contributed by atoms with E-state index < -0.39 is 18.2 Å². The number of anilines is 1. The number of carbonyl (C=O) groups is 2. The molecule has 0 bridgehead atoms. The van der Waals surface area contributed by atoms with Gasteiger partial charge in [0.1, 0.15) is 5.82 Å². The van der Waals surface area contributed by atoms with E-state index in [2.05, 4.69) is 10.6 Å². The Kier molecular flexibility index (Phi) is 5.72. The molecule has 2 atom stereocenters. The van der Waals surface area contributed by atoms with Crippen LogP contribution in [0.1, 0.15) is 11.5 Å². The van der Waals surface area contributed by atoms with Crippen LogP contribution in [0, 0.1) is 5.82 Å². The first-order valence-electron chi connectivity index (χ1n) is 8.09. The lowest BCUT2D eigenvalue weighted by Gasteiger charge is -2.20. The molecule has 9 heteroatoms. The van der Waals surface area contributed by atoms with Crippen LogP contribution in [0.25, 0.3) is 0 Å². The Hall–Kier alpha value is -2.51. The molecule has 1 saturated heterocycles. The van der Waals surface area contributed by atoms with Crippen LogP contribution in [0.2, 0.25) is 10.0 Å². The van der Waals surface area contributed by atoms with E-state index in [0.29, 0.717) is 15.7 Å². The van der Waals surface area contributed by atoms with Crippen molar-refractivity contribution in [1.82, 2.24) is 10.2 Å². The minimum atomic E-state index is -1.08. The van der Waals surface area contributed by atoms with Crippen LogP contribution in [0.15, 0.2) is 42.5 Å². The van der Waals surface area contributed by atoms with Gasteiger partial charge in [-0.15, -0.1) is 0 Å². The Morgan fingerprint density at radius 2 is 1.70 bits per heavy atom. The smallest absolute Gasteiger partial charge is 0.407 e. The van der Waals surface area contributed by atoms with Crippen molar-refractivity contribution < 1.29 is 19.1 Å². The normalized spacial score (nSPS) is 19.0. The maximum atomic E-state index is 13.2. The largest absolute Gasteiger partial charge is 0.465 e. The van der Waals surface area contributed by atoms with Gasteiger partial charge in [0, 0.05) is 34.7 Å². The number of carboxylic acid groups (broad SMARTS) is 1. The lowest BCUT2D eigenvalue weighted by atomic mass is 9.94. The van der Waals surface area contributed by atoms with Crippen molar-refractivity contribution in [3.8, 4) is 0 Å². The standard InChI is InChI=1S/C18H16Cl2FN3O3/c19-11-5-12(20)7-14(6-11)22-17(25)23-16-9-24(18(26)27)8-15(16)10-1-3-13(21)4-2-10/h1-7,15-16H,8-9H2,(H,26,27)(H2,22,23,25)/t15-,16+/m0/s1. The van der Waals surface area contributed by atoms with Gasteiger partial charge in [-0.25, -0.2) is 14.0 Å². The molecule has 27 heavy (non-hydrogen) atoms. The fraction of sp³-hybridized carbons (Fsp3) is 0.222. The van der Waals surface area contributed by atoms with E-state index >= 15 is 0 Å². The van der Waals surface area contributed by atoms with Gasteiger partial charge in [0.05, 0.1) is 6.04 Å². The van der Waals surface area contributed by atoms with E-state index in [9.17, 15) is 19.1 Å². The Labute approximate surface area is 164 Å². The number of urea groups is 1. The van der Waals surface area contributed by atoms with Gasteiger partial charge < -0.3 is 20.6 Å². The Balaban J connectivity index is 1.74. The number of nitrogens with one attached hydrogen (secondary N) is 2. The van der Waals surface area contributed by atoms with Crippen LogP contribution in [-0.4, -0.2) is 41.3 Å². The summed E-state index contributed by atoms with van der Waals surface area (Å²) in [7, 11) is 0. The molecule has 2 aromatic carbocycles. The van der Waals surface area contributed by atoms with Gasteiger partial charge >= 0.3 is 12.1 Å². The molecule has 2 aromatic rings. The SMILES string of the molecule is O=C(Nc1cc(Cl)cc(Cl)c1)N[C@@H]1CN(C(=O)O)C[C@H]1c1ccc(F)cc1. The van der Waals surface area contributed by atoms with Gasteiger partial charge in [-0.3, -0.25) is 0 Å². The van der Waals surface area contributed by atoms with Gasteiger partial charge in [0.15, 0.2) is 0 Å². The summed E-state index contributed by atoms with van der Waals surface area (Å²) in [5.41, 5.74) is 1.16. The lowest BCUT2D eigenvalue weighted by Crippen LogP contribution is -2.42. The highest BCUT2D eigenvalue weighted by molar-refractivity contribution is 6.35. The molecular formula is C18H16Cl2FN3O3. The number of nitrogens with zero attached hydrogens (tertiary/aromatic N) is 1. The highest BCUT2D eigenvalue weighted by Crippen LogP contribution is 2.28. The summed E-state index contributed by atoms with van der Waals surface area (Å²) in [6, 6.07) is 9.44. The van der Waals surface area contributed by atoms with Gasteiger partial charge in [0.25, 0.3) is 0 Å². The van der Waals surface area contributed by atoms with Crippen molar-refractivity contribution in [2.75, 3.05) is 18.4 Å². The molecule has 3 amide bonds.